The van der Waals surface area contributed by atoms with Crippen molar-refractivity contribution in [2.75, 3.05) is 33.0 Å². The van der Waals surface area contributed by atoms with Crippen LogP contribution in [0.5, 0.6) is 23.0 Å². The van der Waals surface area contributed by atoms with Gasteiger partial charge < -0.3 is 28.6 Å². The quantitative estimate of drug-likeness (QED) is 0.541. The van der Waals surface area contributed by atoms with Gasteiger partial charge >= 0.3 is 0 Å². The highest BCUT2D eigenvalue weighted by molar-refractivity contribution is 6.05. The molecule has 0 saturated heterocycles. The first-order valence-corrected chi connectivity index (χ1v) is 10.6. The van der Waals surface area contributed by atoms with Gasteiger partial charge in [-0.2, -0.15) is 0 Å². The predicted octanol–water partition coefficient (Wildman–Crippen LogP) is 5.52. The Hall–Kier alpha value is -3.12. The Bertz CT molecular complexity index is 1160. The van der Waals surface area contributed by atoms with Crippen LogP contribution in [0.3, 0.4) is 0 Å². The standard InChI is InChI=1S/C25H27NO5/c1-6-14(2)31-25-22-16(9-10-19(27-4)24(22)28-5)17-8-7-15-11-20-21(30-13-29-20)12-18(15)23(17)26(25)3/h7-12,14,25H,6,13H2,1-5H3. The summed E-state index contributed by atoms with van der Waals surface area (Å²) in [5.74, 6) is 2.95. The molecule has 2 aliphatic heterocycles. The van der Waals surface area contributed by atoms with Crippen LogP contribution in [0.1, 0.15) is 32.1 Å². The minimum absolute atomic E-state index is 0.0775. The molecular formula is C25H27NO5. The third-order valence-electron chi connectivity index (χ3n) is 6.25. The maximum absolute atomic E-state index is 6.55. The van der Waals surface area contributed by atoms with Crippen molar-refractivity contribution in [1.29, 1.82) is 0 Å². The fraction of sp³-hybridized carbons (Fsp3) is 0.360. The predicted molar refractivity (Wildman–Crippen MR) is 121 cm³/mol. The van der Waals surface area contributed by atoms with Crippen molar-refractivity contribution in [2.24, 2.45) is 0 Å². The summed E-state index contributed by atoms with van der Waals surface area (Å²) in [6.07, 6.45) is 0.666. The summed E-state index contributed by atoms with van der Waals surface area (Å²) < 4.78 is 29.2. The maximum Gasteiger partial charge on any atom is 0.231 e. The molecule has 0 fully saturated rings. The Balaban J connectivity index is 1.80. The Morgan fingerprint density at radius 2 is 1.77 bits per heavy atom. The van der Waals surface area contributed by atoms with E-state index in [2.05, 4.69) is 50.1 Å². The van der Waals surface area contributed by atoms with Crippen LogP contribution >= 0.6 is 0 Å². The van der Waals surface area contributed by atoms with Crippen molar-refractivity contribution < 1.29 is 23.7 Å². The van der Waals surface area contributed by atoms with Crippen LogP contribution < -0.4 is 23.8 Å². The molecule has 0 amide bonds. The Morgan fingerprint density at radius 1 is 1.03 bits per heavy atom. The lowest BCUT2D eigenvalue weighted by Crippen LogP contribution is -2.33. The number of benzene rings is 3. The molecule has 0 N–H and O–H groups in total. The van der Waals surface area contributed by atoms with Crippen molar-refractivity contribution in [3.8, 4) is 34.1 Å². The molecule has 31 heavy (non-hydrogen) atoms. The molecular weight excluding hydrogens is 394 g/mol. The summed E-state index contributed by atoms with van der Waals surface area (Å²) in [5.41, 5.74) is 4.29. The first-order chi connectivity index (χ1) is 15.1. The number of hydrogen-bond acceptors (Lipinski definition) is 6. The van der Waals surface area contributed by atoms with Gasteiger partial charge in [0.05, 0.1) is 31.6 Å². The lowest BCUT2D eigenvalue weighted by Gasteiger charge is -2.40. The minimum atomic E-state index is -0.321. The van der Waals surface area contributed by atoms with Crippen LogP contribution in [-0.2, 0) is 4.74 Å². The zero-order valence-corrected chi connectivity index (χ0v) is 18.5. The van der Waals surface area contributed by atoms with Crippen LogP contribution in [-0.4, -0.2) is 34.2 Å². The van der Waals surface area contributed by atoms with Gasteiger partial charge in [-0.15, -0.1) is 0 Å². The number of fused-ring (bicyclic) bond motifs is 6. The van der Waals surface area contributed by atoms with Crippen LogP contribution in [0.15, 0.2) is 36.4 Å². The largest absolute Gasteiger partial charge is 0.493 e. The van der Waals surface area contributed by atoms with E-state index >= 15 is 0 Å². The molecule has 0 bridgehead atoms. The highest BCUT2D eigenvalue weighted by atomic mass is 16.7. The topological polar surface area (TPSA) is 49.4 Å². The monoisotopic (exact) mass is 421 g/mol. The molecule has 2 aliphatic rings. The molecule has 2 heterocycles. The fourth-order valence-corrected chi connectivity index (χ4v) is 4.51. The van der Waals surface area contributed by atoms with Gasteiger partial charge in [-0.1, -0.05) is 19.1 Å². The molecule has 0 radical (unpaired) electrons. The van der Waals surface area contributed by atoms with E-state index in [0.29, 0.717) is 11.5 Å². The zero-order valence-electron chi connectivity index (χ0n) is 18.5. The van der Waals surface area contributed by atoms with Gasteiger partial charge in [0, 0.05) is 18.0 Å². The molecule has 0 spiro atoms. The van der Waals surface area contributed by atoms with Gasteiger partial charge in [-0.05, 0) is 48.6 Å². The van der Waals surface area contributed by atoms with Crippen molar-refractivity contribution in [2.45, 2.75) is 32.6 Å². The summed E-state index contributed by atoms with van der Waals surface area (Å²) in [6.45, 7) is 4.47. The zero-order chi connectivity index (χ0) is 21.7. The summed E-state index contributed by atoms with van der Waals surface area (Å²) in [4.78, 5) is 2.19. The van der Waals surface area contributed by atoms with Gasteiger partial charge in [-0.25, -0.2) is 0 Å². The molecule has 5 rings (SSSR count). The Labute approximate surface area is 182 Å². The summed E-state index contributed by atoms with van der Waals surface area (Å²) >= 11 is 0. The number of anilines is 1. The van der Waals surface area contributed by atoms with Gasteiger partial charge in [0.2, 0.25) is 6.79 Å². The van der Waals surface area contributed by atoms with Crippen molar-refractivity contribution in [1.82, 2.24) is 0 Å². The second-order valence-corrected chi connectivity index (χ2v) is 7.97. The highest BCUT2D eigenvalue weighted by Crippen LogP contribution is 2.54. The van der Waals surface area contributed by atoms with E-state index in [0.717, 1.165) is 51.1 Å². The van der Waals surface area contributed by atoms with E-state index in [1.54, 1.807) is 14.2 Å². The Kier molecular flexibility index (Phi) is 4.82. The van der Waals surface area contributed by atoms with Gasteiger partial charge in [0.15, 0.2) is 29.2 Å². The fourth-order valence-electron chi connectivity index (χ4n) is 4.51. The number of hydrogen-bond donors (Lipinski definition) is 0. The maximum atomic E-state index is 6.55. The van der Waals surface area contributed by atoms with Crippen LogP contribution in [0.4, 0.5) is 5.69 Å². The van der Waals surface area contributed by atoms with Gasteiger partial charge in [-0.3, -0.25) is 0 Å². The first-order valence-electron chi connectivity index (χ1n) is 10.6. The number of ether oxygens (including phenoxy) is 5. The molecule has 6 nitrogen and oxygen atoms in total. The summed E-state index contributed by atoms with van der Waals surface area (Å²) in [7, 11) is 5.40. The molecule has 6 heteroatoms. The van der Waals surface area contributed by atoms with Crippen LogP contribution in [0, 0.1) is 0 Å². The summed E-state index contributed by atoms with van der Waals surface area (Å²) in [6, 6.07) is 12.4. The van der Waals surface area contributed by atoms with Crippen molar-refractivity contribution >= 4 is 16.5 Å². The van der Waals surface area contributed by atoms with Gasteiger partial charge in [0.1, 0.15) is 0 Å². The highest BCUT2D eigenvalue weighted by Gasteiger charge is 2.36. The summed E-state index contributed by atoms with van der Waals surface area (Å²) in [5, 5.41) is 2.20. The second-order valence-electron chi connectivity index (χ2n) is 7.97. The molecule has 3 aromatic rings. The van der Waals surface area contributed by atoms with E-state index < -0.39 is 0 Å². The number of nitrogens with zero attached hydrogens (tertiary/aromatic N) is 1. The second kappa shape index (κ2) is 7.54. The number of methoxy groups -OCH3 is 2. The lowest BCUT2D eigenvalue weighted by molar-refractivity contribution is -0.00577. The molecule has 0 aliphatic carbocycles. The van der Waals surface area contributed by atoms with E-state index in [1.807, 2.05) is 12.1 Å². The third-order valence-corrected chi connectivity index (χ3v) is 6.25. The smallest absolute Gasteiger partial charge is 0.231 e. The third kappa shape index (κ3) is 2.97. The van der Waals surface area contributed by atoms with Crippen LogP contribution in [0.25, 0.3) is 21.9 Å². The van der Waals surface area contributed by atoms with E-state index in [-0.39, 0.29) is 19.1 Å². The Morgan fingerprint density at radius 3 is 2.48 bits per heavy atom. The molecule has 0 saturated carbocycles. The average molecular weight is 421 g/mol. The van der Waals surface area contributed by atoms with Crippen molar-refractivity contribution in [3.05, 3.63) is 42.0 Å². The van der Waals surface area contributed by atoms with Crippen LogP contribution in [0.2, 0.25) is 0 Å². The van der Waals surface area contributed by atoms with E-state index in [4.69, 9.17) is 23.7 Å². The molecule has 2 atom stereocenters. The minimum Gasteiger partial charge on any atom is -0.493 e. The normalized spacial score (nSPS) is 17.3. The molecule has 0 aromatic heterocycles. The first kappa shape index (κ1) is 19.8. The van der Waals surface area contributed by atoms with E-state index in [9.17, 15) is 0 Å². The SMILES string of the molecule is CCC(C)OC1c2c(ccc(OC)c2OC)-c2ccc3cc4c(cc3c2N1C)OCO4. The van der Waals surface area contributed by atoms with Gasteiger partial charge in [0.25, 0.3) is 0 Å². The lowest BCUT2D eigenvalue weighted by atomic mass is 9.88. The van der Waals surface area contributed by atoms with Crippen molar-refractivity contribution in [3.63, 3.8) is 0 Å². The molecule has 2 unspecified atom stereocenters. The molecule has 3 aromatic carbocycles. The number of rotatable bonds is 5. The average Bonchev–Trinajstić information content (AvgIpc) is 3.25. The molecule has 162 valence electrons. The van der Waals surface area contributed by atoms with E-state index in [1.165, 1.54) is 0 Å².